The van der Waals surface area contributed by atoms with E-state index in [-0.39, 0.29) is 0 Å². The minimum atomic E-state index is 0.951. The van der Waals surface area contributed by atoms with Crippen LogP contribution in [-0.2, 0) is 0 Å². The Morgan fingerprint density at radius 1 is 0.273 bits per heavy atom. The summed E-state index contributed by atoms with van der Waals surface area (Å²) in [6.07, 6.45) is 4.10. The number of aromatic nitrogens is 2. The Morgan fingerprint density at radius 2 is 0.727 bits per heavy atom. The van der Waals surface area contributed by atoms with Crippen LogP contribution in [0.15, 0.2) is 215 Å². The molecule has 2 heterocycles. The highest BCUT2D eigenvalue weighted by atomic mass is 79.9. The first kappa shape index (κ1) is 37.8. The van der Waals surface area contributed by atoms with E-state index >= 15 is 0 Å². The number of nitrogens with zero attached hydrogens (tertiary/aromatic N) is 2. The molecule has 0 amide bonds. The zero-order chi connectivity index (χ0) is 43.6. The number of rotatable bonds is 5. The molecule has 0 fully saturated rings. The van der Waals surface area contributed by atoms with E-state index in [9.17, 15) is 0 Å². The van der Waals surface area contributed by atoms with Gasteiger partial charge in [0.05, 0.1) is 11.4 Å². The average molecular weight is 967 g/mol. The third-order valence-corrected chi connectivity index (χ3v) is 15.5. The fraction of sp³-hybridized carbons (Fsp3) is 0. The van der Waals surface area contributed by atoms with Crippen molar-refractivity contribution >= 4 is 118 Å². The number of benzene rings is 12. The molecule has 0 bridgehead atoms. The van der Waals surface area contributed by atoms with E-state index in [0.29, 0.717) is 0 Å². The Kier molecular flexibility index (Phi) is 8.31. The molecule has 0 unspecified atom stereocenters. The van der Waals surface area contributed by atoms with Crippen LogP contribution in [-0.4, -0.2) is 9.97 Å². The zero-order valence-corrected chi connectivity index (χ0v) is 38.5. The second-order valence-electron chi connectivity index (χ2n) is 17.4. The summed E-state index contributed by atoms with van der Waals surface area (Å²) in [7, 11) is 0. The fourth-order valence-electron chi connectivity index (χ4n) is 11.1. The molecule has 66 heavy (non-hydrogen) atoms. The lowest BCUT2D eigenvalue weighted by molar-refractivity contribution is 1.33. The van der Waals surface area contributed by atoms with Gasteiger partial charge >= 0.3 is 0 Å². The minimum absolute atomic E-state index is 0.951. The van der Waals surface area contributed by atoms with Gasteiger partial charge in [-0.2, -0.15) is 0 Å². The number of hydrogen-bond acceptors (Lipinski definition) is 2. The van der Waals surface area contributed by atoms with Crippen LogP contribution in [0.1, 0.15) is 0 Å². The van der Waals surface area contributed by atoms with Gasteiger partial charge in [-0.1, -0.05) is 180 Å². The minimum Gasteiger partial charge on any atom is -0.256 e. The molecule has 0 spiro atoms. The summed E-state index contributed by atoms with van der Waals surface area (Å²) in [5, 5.41) is 19.9. The SMILES string of the molecule is Brc1ccc2c3cccc4c(Br)c(-c5cc6c7cccc8c(-c9ccc(-c%10ccccc%10)nc9)ccc(c9cccc(c5-c5ccc(-c%10ccccc%10)nc5)c96)c87)cc(c5cccc1c25)c43. The van der Waals surface area contributed by atoms with Gasteiger partial charge in [-0.05, 0) is 155 Å². The summed E-state index contributed by atoms with van der Waals surface area (Å²) < 4.78 is 2.18. The van der Waals surface area contributed by atoms with Gasteiger partial charge in [0.25, 0.3) is 0 Å². The Morgan fingerprint density at radius 3 is 1.33 bits per heavy atom. The van der Waals surface area contributed by atoms with E-state index < -0.39 is 0 Å². The molecule has 0 atom stereocenters. The molecule has 12 aromatic carbocycles. The molecule has 0 N–H and O–H groups in total. The van der Waals surface area contributed by atoms with Crippen LogP contribution in [0.25, 0.3) is 142 Å². The maximum Gasteiger partial charge on any atom is 0.0702 e. The summed E-state index contributed by atoms with van der Waals surface area (Å²) in [6.45, 7) is 0. The molecule has 14 aromatic rings. The van der Waals surface area contributed by atoms with Crippen molar-refractivity contribution in [1.29, 1.82) is 0 Å². The number of halogens is 2. The van der Waals surface area contributed by atoms with Crippen molar-refractivity contribution in [3.63, 3.8) is 0 Å². The molecule has 0 aliphatic heterocycles. The Labute approximate surface area is 396 Å². The second kappa shape index (κ2) is 14.5. The lowest BCUT2D eigenvalue weighted by atomic mass is 9.81. The molecule has 0 aliphatic rings. The molecule has 14 rings (SSSR count). The lowest BCUT2D eigenvalue weighted by Crippen LogP contribution is -1.96. The average Bonchev–Trinajstić information content (AvgIpc) is 3.38. The van der Waals surface area contributed by atoms with Crippen molar-refractivity contribution in [2.45, 2.75) is 0 Å². The van der Waals surface area contributed by atoms with Gasteiger partial charge in [0.15, 0.2) is 0 Å². The summed E-state index contributed by atoms with van der Waals surface area (Å²) >= 11 is 8.20. The van der Waals surface area contributed by atoms with Crippen LogP contribution in [0, 0.1) is 0 Å². The highest BCUT2D eigenvalue weighted by molar-refractivity contribution is 9.11. The predicted molar refractivity (Wildman–Crippen MR) is 287 cm³/mol. The number of hydrogen-bond donors (Lipinski definition) is 0. The maximum absolute atomic E-state index is 5.14. The number of fused-ring (bicyclic) bond motifs is 4. The largest absolute Gasteiger partial charge is 0.256 e. The third kappa shape index (κ3) is 5.46. The van der Waals surface area contributed by atoms with Gasteiger partial charge < -0.3 is 0 Å². The van der Waals surface area contributed by atoms with Crippen LogP contribution in [0.3, 0.4) is 0 Å². The van der Waals surface area contributed by atoms with E-state index in [2.05, 4.69) is 226 Å². The van der Waals surface area contributed by atoms with Crippen molar-refractivity contribution in [2.75, 3.05) is 0 Å². The molecule has 0 saturated heterocycles. The smallest absolute Gasteiger partial charge is 0.0702 e. The van der Waals surface area contributed by atoms with Gasteiger partial charge in [-0.3, -0.25) is 9.97 Å². The van der Waals surface area contributed by atoms with E-state index in [1.807, 2.05) is 12.3 Å². The Balaban J connectivity index is 1.09. The first-order chi connectivity index (χ1) is 32.6. The Hall–Kier alpha value is -7.50. The van der Waals surface area contributed by atoms with Crippen molar-refractivity contribution in [1.82, 2.24) is 9.97 Å². The first-order valence-corrected chi connectivity index (χ1v) is 23.8. The van der Waals surface area contributed by atoms with E-state index in [0.717, 1.165) is 53.7 Å². The normalized spacial score (nSPS) is 12.1. The summed E-state index contributed by atoms with van der Waals surface area (Å²) in [5.41, 5.74) is 10.9. The van der Waals surface area contributed by atoms with Crippen LogP contribution in [0.5, 0.6) is 0 Å². The molecule has 4 heteroatoms. The van der Waals surface area contributed by atoms with Gasteiger partial charge in [-0.25, -0.2) is 0 Å². The molecular formula is C62H34Br2N2. The van der Waals surface area contributed by atoms with E-state index in [1.165, 1.54) is 97.3 Å². The molecule has 0 saturated carbocycles. The van der Waals surface area contributed by atoms with Crippen molar-refractivity contribution in [3.05, 3.63) is 215 Å². The van der Waals surface area contributed by atoms with Gasteiger partial charge in [0.2, 0.25) is 0 Å². The van der Waals surface area contributed by atoms with Gasteiger partial charge in [0.1, 0.15) is 0 Å². The van der Waals surface area contributed by atoms with Crippen LogP contribution in [0.4, 0.5) is 0 Å². The highest BCUT2D eigenvalue weighted by Gasteiger charge is 2.24. The molecular weight excluding hydrogens is 933 g/mol. The van der Waals surface area contributed by atoms with Crippen molar-refractivity contribution in [3.8, 4) is 55.9 Å². The van der Waals surface area contributed by atoms with Crippen molar-refractivity contribution in [2.24, 2.45) is 0 Å². The number of pyridine rings is 2. The summed E-state index contributed by atoms with van der Waals surface area (Å²) in [4.78, 5) is 10.1. The third-order valence-electron chi connectivity index (χ3n) is 14.0. The van der Waals surface area contributed by atoms with E-state index in [1.54, 1.807) is 0 Å². The highest BCUT2D eigenvalue weighted by Crippen LogP contribution is 2.52. The van der Waals surface area contributed by atoms with Crippen LogP contribution < -0.4 is 0 Å². The Bertz CT molecular complexity index is 4260. The summed E-state index contributed by atoms with van der Waals surface area (Å²) in [6, 6.07) is 70.8. The van der Waals surface area contributed by atoms with Gasteiger partial charge in [-0.15, -0.1) is 0 Å². The zero-order valence-electron chi connectivity index (χ0n) is 35.3. The van der Waals surface area contributed by atoms with Crippen molar-refractivity contribution < 1.29 is 0 Å². The van der Waals surface area contributed by atoms with Crippen LogP contribution >= 0.6 is 31.9 Å². The monoisotopic (exact) mass is 964 g/mol. The quantitative estimate of drug-likeness (QED) is 0.127. The molecule has 0 aliphatic carbocycles. The van der Waals surface area contributed by atoms with Crippen LogP contribution in [0.2, 0.25) is 0 Å². The summed E-state index contributed by atoms with van der Waals surface area (Å²) in [5.74, 6) is 0. The predicted octanol–water partition coefficient (Wildman–Crippen LogP) is 18.4. The molecule has 2 aromatic heterocycles. The standard InChI is InChI=1S/C62H34Br2N2/c63-54-28-27-46-42-17-10-22-49-61(42)51(44-19-8-20-47(54)59(44)46)32-53(62(49)64)52-31-50-43-18-7-15-40-39(37-23-29-55(65-33-37)35-11-3-1-4-12-35)25-26-45(58(40)43)41-16-9-21-48(60(41)50)57(52)38-24-30-56(66-34-38)36-13-5-2-6-14-36/h1-34H. The van der Waals surface area contributed by atoms with Gasteiger partial charge in [0, 0.05) is 43.6 Å². The molecule has 0 radical (unpaired) electrons. The first-order valence-electron chi connectivity index (χ1n) is 22.3. The molecule has 306 valence electrons. The lowest BCUT2D eigenvalue weighted by Gasteiger charge is -2.23. The fourth-order valence-corrected chi connectivity index (χ4v) is 12.2. The second-order valence-corrected chi connectivity index (χ2v) is 19.0. The topological polar surface area (TPSA) is 25.8 Å². The molecule has 2 nitrogen and oxygen atoms in total. The maximum atomic E-state index is 5.14. The van der Waals surface area contributed by atoms with E-state index in [4.69, 9.17) is 9.97 Å².